The molecule has 130 valence electrons. The molecule has 25 heavy (non-hydrogen) atoms. The molecule has 0 spiro atoms. The highest BCUT2D eigenvalue weighted by Gasteiger charge is 2.18. The largest absolute Gasteiger partial charge is 0.395 e. The standard InChI is InChI=1S/C14H16N8O3/c1-21-10-11(18-7-9(24)8-6-16-2-3-17-8)19-13(15)20-12(10)22(4-5-23)14(21)25/h2-3,6,23H,4-5,7H2,1H3,(H3,15,18,19,20). The minimum Gasteiger partial charge on any atom is -0.395 e. The fourth-order valence-electron chi connectivity index (χ4n) is 2.45. The molecule has 0 fully saturated rings. The van der Waals surface area contributed by atoms with Crippen LogP contribution in [0.15, 0.2) is 23.4 Å². The number of anilines is 2. The Morgan fingerprint density at radius 1 is 1.36 bits per heavy atom. The molecule has 0 bridgehead atoms. The van der Waals surface area contributed by atoms with Crippen molar-refractivity contribution in [3.63, 3.8) is 0 Å². The van der Waals surface area contributed by atoms with E-state index in [4.69, 9.17) is 10.8 Å². The summed E-state index contributed by atoms with van der Waals surface area (Å²) in [5.41, 5.74) is 6.22. The first-order valence-electron chi connectivity index (χ1n) is 7.39. The quantitative estimate of drug-likeness (QED) is 0.467. The highest BCUT2D eigenvalue weighted by Crippen LogP contribution is 2.20. The molecule has 0 aromatic carbocycles. The highest BCUT2D eigenvalue weighted by atomic mass is 16.3. The van der Waals surface area contributed by atoms with Gasteiger partial charge in [0, 0.05) is 19.4 Å². The number of hydrogen-bond acceptors (Lipinski definition) is 9. The van der Waals surface area contributed by atoms with Crippen molar-refractivity contribution in [3.8, 4) is 0 Å². The third kappa shape index (κ3) is 3.04. The van der Waals surface area contributed by atoms with E-state index in [0.717, 1.165) is 0 Å². The van der Waals surface area contributed by atoms with Crippen LogP contribution in [0, 0.1) is 0 Å². The highest BCUT2D eigenvalue weighted by molar-refractivity contribution is 5.98. The molecule has 11 heteroatoms. The molecule has 0 atom stereocenters. The zero-order valence-corrected chi connectivity index (χ0v) is 13.4. The molecule has 3 heterocycles. The van der Waals surface area contributed by atoms with Crippen molar-refractivity contribution in [1.82, 2.24) is 29.1 Å². The first-order chi connectivity index (χ1) is 12.0. The van der Waals surface area contributed by atoms with Crippen molar-refractivity contribution in [2.45, 2.75) is 6.54 Å². The van der Waals surface area contributed by atoms with Gasteiger partial charge in [0.25, 0.3) is 0 Å². The summed E-state index contributed by atoms with van der Waals surface area (Å²) in [6, 6.07) is 0. The van der Waals surface area contributed by atoms with E-state index in [9.17, 15) is 9.59 Å². The molecule has 0 radical (unpaired) electrons. The summed E-state index contributed by atoms with van der Waals surface area (Å²) in [5, 5.41) is 12.0. The number of nitrogen functional groups attached to an aromatic ring is 1. The third-order valence-electron chi connectivity index (χ3n) is 3.58. The fourth-order valence-corrected chi connectivity index (χ4v) is 2.45. The van der Waals surface area contributed by atoms with E-state index in [1.54, 1.807) is 7.05 Å². The molecular formula is C14H16N8O3. The summed E-state index contributed by atoms with van der Waals surface area (Å²) in [5.74, 6) is -0.103. The Bertz CT molecular complexity index is 979. The molecule has 3 rings (SSSR count). The van der Waals surface area contributed by atoms with Crippen LogP contribution in [0.4, 0.5) is 11.8 Å². The van der Waals surface area contributed by atoms with Crippen LogP contribution in [-0.4, -0.2) is 53.1 Å². The summed E-state index contributed by atoms with van der Waals surface area (Å²) >= 11 is 0. The topological polar surface area (TPSA) is 154 Å². The number of carbonyl (C=O) groups is 1. The van der Waals surface area contributed by atoms with Gasteiger partial charge in [-0.05, 0) is 0 Å². The number of aliphatic hydroxyl groups is 1. The SMILES string of the molecule is Cn1c(=O)n(CCO)c2nc(N)nc(NCC(=O)c3cnccn3)c21. The first kappa shape index (κ1) is 16.5. The van der Waals surface area contributed by atoms with Crippen LogP contribution in [0.2, 0.25) is 0 Å². The molecule has 11 nitrogen and oxygen atoms in total. The second kappa shape index (κ2) is 6.65. The number of nitrogens with one attached hydrogen (secondary N) is 1. The lowest BCUT2D eigenvalue weighted by Gasteiger charge is -2.08. The normalized spacial score (nSPS) is 11.0. The van der Waals surface area contributed by atoms with E-state index in [2.05, 4.69) is 25.3 Å². The Balaban J connectivity index is 1.98. The second-order valence-electron chi connectivity index (χ2n) is 5.19. The summed E-state index contributed by atoms with van der Waals surface area (Å²) in [6.45, 7) is -0.259. The summed E-state index contributed by atoms with van der Waals surface area (Å²) in [6.07, 6.45) is 4.26. The Morgan fingerprint density at radius 3 is 2.84 bits per heavy atom. The fraction of sp³-hybridized carbons (Fsp3) is 0.286. The maximum atomic E-state index is 12.3. The van der Waals surface area contributed by atoms with Gasteiger partial charge in [-0.15, -0.1) is 0 Å². The number of fused-ring (bicyclic) bond motifs is 1. The Kier molecular flexibility index (Phi) is 4.39. The number of aliphatic hydroxyl groups excluding tert-OH is 1. The molecule has 0 unspecified atom stereocenters. The molecular weight excluding hydrogens is 328 g/mol. The van der Waals surface area contributed by atoms with Gasteiger partial charge in [0.05, 0.1) is 25.9 Å². The predicted octanol–water partition coefficient (Wildman–Crippen LogP) is -1.21. The van der Waals surface area contributed by atoms with Crippen molar-refractivity contribution in [2.75, 3.05) is 24.2 Å². The van der Waals surface area contributed by atoms with Crippen LogP contribution in [0.5, 0.6) is 0 Å². The molecule has 0 saturated carbocycles. The molecule has 0 aliphatic carbocycles. The number of hydrogen-bond donors (Lipinski definition) is 3. The van der Waals surface area contributed by atoms with E-state index in [-0.39, 0.29) is 54.3 Å². The average molecular weight is 344 g/mol. The summed E-state index contributed by atoms with van der Waals surface area (Å²) in [4.78, 5) is 40.4. The van der Waals surface area contributed by atoms with Gasteiger partial charge in [0.1, 0.15) is 11.2 Å². The molecule has 3 aromatic rings. The number of carbonyl (C=O) groups excluding carboxylic acids is 1. The van der Waals surface area contributed by atoms with Gasteiger partial charge >= 0.3 is 5.69 Å². The van der Waals surface area contributed by atoms with Crippen LogP contribution >= 0.6 is 0 Å². The van der Waals surface area contributed by atoms with Crippen molar-refractivity contribution >= 4 is 28.7 Å². The average Bonchev–Trinajstić information content (AvgIpc) is 2.85. The number of aromatic nitrogens is 6. The van der Waals surface area contributed by atoms with E-state index >= 15 is 0 Å². The maximum Gasteiger partial charge on any atom is 0.330 e. The molecule has 3 aromatic heterocycles. The van der Waals surface area contributed by atoms with E-state index in [1.807, 2.05) is 0 Å². The second-order valence-corrected chi connectivity index (χ2v) is 5.19. The van der Waals surface area contributed by atoms with Crippen molar-refractivity contribution < 1.29 is 9.90 Å². The van der Waals surface area contributed by atoms with Crippen LogP contribution in [0.25, 0.3) is 11.2 Å². The number of Topliss-reactive ketones (excluding diaryl/α,β-unsaturated/α-hetero) is 1. The molecule has 4 N–H and O–H groups in total. The van der Waals surface area contributed by atoms with Crippen LogP contribution in [0.1, 0.15) is 10.5 Å². The van der Waals surface area contributed by atoms with Crippen molar-refractivity contribution in [1.29, 1.82) is 0 Å². The van der Waals surface area contributed by atoms with Crippen molar-refractivity contribution in [2.24, 2.45) is 7.05 Å². The first-order valence-corrected chi connectivity index (χ1v) is 7.39. The lowest BCUT2D eigenvalue weighted by atomic mass is 10.3. The number of nitrogens with two attached hydrogens (primary N) is 1. The number of rotatable bonds is 6. The van der Waals surface area contributed by atoms with E-state index in [0.29, 0.717) is 5.52 Å². The molecule has 0 aliphatic heterocycles. The lowest BCUT2D eigenvalue weighted by molar-refractivity contribution is 0.100. The van der Waals surface area contributed by atoms with Crippen molar-refractivity contribution in [3.05, 3.63) is 34.8 Å². The number of nitrogens with zero attached hydrogens (tertiary/aromatic N) is 6. The Morgan fingerprint density at radius 2 is 2.16 bits per heavy atom. The molecule has 0 amide bonds. The lowest BCUT2D eigenvalue weighted by Crippen LogP contribution is -2.23. The molecule has 0 aliphatic rings. The number of ketones is 1. The van der Waals surface area contributed by atoms with Crippen LogP contribution in [0.3, 0.4) is 0 Å². The number of aryl methyl sites for hydroxylation is 1. The third-order valence-corrected chi connectivity index (χ3v) is 3.58. The van der Waals surface area contributed by atoms with Gasteiger partial charge < -0.3 is 16.2 Å². The minimum absolute atomic E-state index is 0.0563. The monoisotopic (exact) mass is 344 g/mol. The zero-order chi connectivity index (χ0) is 18.0. The predicted molar refractivity (Wildman–Crippen MR) is 89.1 cm³/mol. The van der Waals surface area contributed by atoms with Gasteiger partial charge in [-0.2, -0.15) is 9.97 Å². The van der Waals surface area contributed by atoms with Gasteiger partial charge in [-0.3, -0.25) is 18.9 Å². The van der Waals surface area contributed by atoms with Gasteiger partial charge in [-0.1, -0.05) is 0 Å². The van der Waals surface area contributed by atoms with Gasteiger partial charge in [0.15, 0.2) is 11.5 Å². The van der Waals surface area contributed by atoms with Crippen LogP contribution < -0.4 is 16.7 Å². The van der Waals surface area contributed by atoms with E-state index < -0.39 is 0 Å². The van der Waals surface area contributed by atoms with E-state index in [1.165, 1.54) is 27.7 Å². The smallest absolute Gasteiger partial charge is 0.330 e. The Hall–Kier alpha value is -3.34. The zero-order valence-electron chi connectivity index (χ0n) is 13.4. The Labute approximate surface area is 141 Å². The minimum atomic E-state index is -0.368. The summed E-state index contributed by atoms with van der Waals surface area (Å²) < 4.78 is 2.63. The van der Waals surface area contributed by atoms with Gasteiger partial charge in [-0.25, -0.2) is 9.78 Å². The maximum absolute atomic E-state index is 12.3. The summed E-state index contributed by atoms with van der Waals surface area (Å²) in [7, 11) is 1.55. The van der Waals surface area contributed by atoms with Crippen LogP contribution in [-0.2, 0) is 13.6 Å². The molecule has 0 saturated heterocycles. The van der Waals surface area contributed by atoms with Gasteiger partial charge in [0.2, 0.25) is 11.7 Å². The number of imidazole rings is 1.